The smallest absolute Gasteiger partial charge is 0.409 e. The number of benzene rings is 1. The molecule has 0 unspecified atom stereocenters. The second kappa shape index (κ2) is 15.0. The average molecular weight is 720 g/mol. The number of alkyl halides is 5. The highest BCUT2D eigenvalue weighted by Gasteiger charge is 2.48. The molecule has 0 saturated heterocycles. The van der Waals surface area contributed by atoms with Crippen LogP contribution in [0.5, 0.6) is 0 Å². The Morgan fingerprint density at radius 3 is 2.33 bits per heavy atom. The molecule has 2 aliphatic rings. The van der Waals surface area contributed by atoms with Gasteiger partial charge in [-0.05, 0) is 69.6 Å². The number of halogens is 5. The van der Waals surface area contributed by atoms with Crippen molar-refractivity contribution in [2.75, 3.05) is 6.54 Å². The lowest BCUT2D eigenvalue weighted by Crippen LogP contribution is -2.53. The third-order valence-electron chi connectivity index (χ3n) is 9.36. The van der Waals surface area contributed by atoms with Gasteiger partial charge in [0.05, 0.1) is 41.7 Å². The van der Waals surface area contributed by atoms with E-state index in [-0.39, 0.29) is 43.9 Å². The van der Waals surface area contributed by atoms with Crippen LogP contribution in [0.1, 0.15) is 94.6 Å². The van der Waals surface area contributed by atoms with Crippen LogP contribution in [0.25, 0.3) is 5.65 Å². The number of nitrogens with one attached hydrogen (secondary N) is 3. The first kappa shape index (κ1) is 37.7. The third kappa shape index (κ3) is 9.63. The topological polar surface area (TPSA) is 143 Å². The summed E-state index contributed by atoms with van der Waals surface area (Å²) in [7, 11) is 0. The van der Waals surface area contributed by atoms with Gasteiger partial charge >= 0.3 is 18.4 Å². The van der Waals surface area contributed by atoms with Gasteiger partial charge in [-0.15, -0.1) is 0 Å². The van der Waals surface area contributed by atoms with Gasteiger partial charge in [-0.25, -0.2) is 27.9 Å². The Morgan fingerprint density at radius 1 is 1.06 bits per heavy atom. The molecule has 16 heteroatoms. The lowest BCUT2D eigenvalue weighted by molar-refractivity contribution is -0.154. The van der Waals surface area contributed by atoms with E-state index in [1.807, 2.05) is 5.32 Å². The number of nitrogens with zero attached hydrogens (tertiary/aromatic N) is 4. The van der Waals surface area contributed by atoms with Gasteiger partial charge in [-0.3, -0.25) is 0 Å². The van der Waals surface area contributed by atoms with Gasteiger partial charge in [-0.2, -0.15) is 23.5 Å². The molecule has 0 aliphatic heterocycles. The maximum Gasteiger partial charge on any atom is 0.409 e. The number of alkyl carbamates (subject to hydrolysis) is 2. The Bertz CT molecular complexity index is 1710. The molecule has 2 amide bonds. The normalized spacial score (nSPS) is 19.2. The highest BCUT2D eigenvalue weighted by Crippen LogP contribution is 2.50. The molecule has 2 fully saturated rings. The largest absolute Gasteiger partial charge is 0.445 e. The SMILES string of the molecule is CC(C)(C)OC(=O)N[C@H](c1cn2ncc([C@H](NC[C@H](NC(=O)OCc3ccccc3)C(F)(F)F)C3(C#N)CCC3)cc2n1)C1CCC(F)(F)CC1. The van der Waals surface area contributed by atoms with Crippen molar-refractivity contribution >= 4 is 17.8 Å². The van der Waals surface area contributed by atoms with Gasteiger partial charge in [0, 0.05) is 19.4 Å². The van der Waals surface area contributed by atoms with Crippen LogP contribution < -0.4 is 16.0 Å². The number of nitriles is 1. The monoisotopic (exact) mass is 719 g/mol. The fourth-order valence-corrected chi connectivity index (χ4v) is 6.53. The molecule has 2 saturated carbocycles. The van der Waals surface area contributed by atoms with Crippen LogP contribution >= 0.6 is 0 Å². The molecule has 1 aromatic carbocycles. The molecule has 3 aromatic rings. The molecule has 5 rings (SSSR count). The summed E-state index contributed by atoms with van der Waals surface area (Å²) in [6, 6.07) is 8.35. The summed E-state index contributed by atoms with van der Waals surface area (Å²) >= 11 is 0. The van der Waals surface area contributed by atoms with E-state index in [9.17, 15) is 36.8 Å². The van der Waals surface area contributed by atoms with Crippen LogP contribution in [0.15, 0.2) is 48.8 Å². The van der Waals surface area contributed by atoms with Crippen molar-refractivity contribution in [1.82, 2.24) is 30.5 Å². The molecule has 3 N–H and O–H groups in total. The number of rotatable bonds is 11. The van der Waals surface area contributed by atoms with Gasteiger partial charge in [0.2, 0.25) is 5.92 Å². The maximum absolute atomic E-state index is 14.2. The molecule has 0 radical (unpaired) electrons. The molecule has 51 heavy (non-hydrogen) atoms. The van der Waals surface area contributed by atoms with Crippen LogP contribution in [-0.2, 0) is 16.1 Å². The van der Waals surface area contributed by atoms with Gasteiger partial charge in [0.25, 0.3) is 0 Å². The van der Waals surface area contributed by atoms with Crippen molar-refractivity contribution in [3.8, 4) is 6.07 Å². The van der Waals surface area contributed by atoms with E-state index >= 15 is 0 Å². The predicted molar refractivity (Wildman–Crippen MR) is 174 cm³/mol. The molecule has 2 aliphatic carbocycles. The summed E-state index contributed by atoms with van der Waals surface area (Å²) in [6.45, 7) is 4.11. The van der Waals surface area contributed by atoms with Crippen molar-refractivity contribution in [1.29, 1.82) is 5.26 Å². The highest BCUT2D eigenvalue weighted by atomic mass is 19.4. The number of imidazole rings is 1. The van der Waals surface area contributed by atoms with Crippen LogP contribution in [0.3, 0.4) is 0 Å². The summed E-state index contributed by atoms with van der Waals surface area (Å²) in [6.07, 6.45) is -2.74. The summed E-state index contributed by atoms with van der Waals surface area (Å²) in [5.74, 6) is -3.18. The Labute approximate surface area is 292 Å². The van der Waals surface area contributed by atoms with Gasteiger partial charge in [-0.1, -0.05) is 36.8 Å². The minimum absolute atomic E-state index is 0.130. The van der Waals surface area contributed by atoms with Gasteiger partial charge in [0.1, 0.15) is 18.2 Å². The third-order valence-corrected chi connectivity index (χ3v) is 9.36. The Hall–Kier alpha value is -4.52. The summed E-state index contributed by atoms with van der Waals surface area (Å²) in [4.78, 5) is 29.9. The van der Waals surface area contributed by atoms with Crippen molar-refractivity contribution < 1.29 is 41.0 Å². The number of ether oxygens (including phenoxy) is 2. The highest BCUT2D eigenvalue weighted by molar-refractivity contribution is 5.68. The van der Waals surface area contributed by atoms with E-state index in [2.05, 4.69) is 26.8 Å². The Morgan fingerprint density at radius 2 is 1.75 bits per heavy atom. The number of carbonyl (C=O) groups is 2. The molecular weight excluding hydrogens is 677 g/mol. The molecule has 276 valence electrons. The molecule has 3 atom stereocenters. The minimum Gasteiger partial charge on any atom is -0.445 e. The fraction of sp³-hybridized carbons (Fsp3) is 0.571. The zero-order chi connectivity index (χ0) is 37.0. The molecular formula is C35H42F5N7O4. The summed E-state index contributed by atoms with van der Waals surface area (Å²) in [5.41, 5.74) is -0.247. The predicted octanol–water partition coefficient (Wildman–Crippen LogP) is 7.30. The van der Waals surface area contributed by atoms with Crippen molar-refractivity contribution in [2.45, 2.75) is 108 Å². The minimum atomic E-state index is -4.85. The second-order valence-corrected chi connectivity index (χ2v) is 14.3. The number of hydrogen-bond acceptors (Lipinski definition) is 8. The Kier molecular flexibility index (Phi) is 11.1. The molecule has 0 spiro atoms. The standard InChI is InChI=1S/C35H42F5N7O4/c1-32(2,3)51-31(49)46-28(23-10-14-34(36,37)15-11-23)25-19-47-27(44-25)16-24(17-43-47)29(33(21-41)12-7-13-33)42-18-26(35(38,39)40)45-30(48)50-20-22-8-5-4-6-9-22/h4-6,8-9,16-17,19,23,26,28-29,42H,7,10-15,18,20H2,1-3H3,(H,45,48)(H,46,49)/t26-,28-,29-/m0/s1. The summed E-state index contributed by atoms with van der Waals surface area (Å²) in [5, 5.41) is 22.2. The number of fused-ring (bicyclic) bond motifs is 1. The number of carbonyl (C=O) groups excluding carboxylic acids is 2. The maximum atomic E-state index is 14.2. The number of hydrogen-bond donors (Lipinski definition) is 3. The van der Waals surface area contributed by atoms with Crippen LogP contribution in [0, 0.1) is 22.7 Å². The Balaban J connectivity index is 1.38. The van der Waals surface area contributed by atoms with E-state index in [4.69, 9.17) is 9.47 Å². The zero-order valence-electron chi connectivity index (χ0n) is 28.6. The fourth-order valence-electron chi connectivity index (χ4n) is 6.53. The second-order valence-electron chi connectivity index (χ2n) is 14.3. The van der Waals surface area contributed by atoms with E-state index in [1.54, 1.807) is 63.4 Å². The van der Waals surface area contributed by atoms with E-state index in [0.717, 1.165) is 0 Å². The van der Waals surface area contributed by atoms with E-state index in [0.29, 0.717) is 36.1 Å². The first-order valence-electron chi connectivity index (χ1n) is 16.9. The number of aromatic nitrogens is 3. The molecule has 11 nitrogen and oxygen atoms in total. The van der Waals surface area contributed by atoms with Crippen molar-refractivity contribution in [3.63, 3.8) is 0 Å². The van der Waals surface area contributed by atoms with Gasteiger partial charge in [0.15, 0.2) is 5.65 Å². The number of amides is 2. The van der Waals surface area contributed by atoms with E-state index in [1.165, 1.54) is 10.7 Å². The van der Waals surface area contributed by atoms with Crippen molar-refractivity contribution in [3.05, 3.63) is 65.6 Å². The molecule has 2 aromatic heterocycles. The first-order chi connectivity index (χ1) is 24.0. The van der Waals surface area contributed by atoms with Crippen LogP contribution in [0.4, 0.5) is 31.5 Å². The average Bonchev–Trinajstić information content (AvgIpc) is 3.46. The van der Waals surface area contributed by atoms with Crippen LogP contribution in [0.2, 0.25) is 0 Å². The quantitative estimate of drug-likeness (QED) is 0.175. The lowest BCUT2D eigenvalue weighted by atomic mass is 9.63. The summed E-state index contributed by atoms with van der Waals surface area (Å²) < 4.78 is 82.4. The van der Waals surface area contributed by atoms with E-state index < -0.39 is 60.0 Å². The van der Waals surface area contributed by atoms with Gasteiger partial charge < -0.3 is 25.4 Å². The molecule has 2 heterocycles. The first-order valence-corrected chi connectivity index (χ1v) is 16.9. The lowest BCUT2D eigenvalue weighted by Gasteiger charge is -2.43. The molecule has 0 bridgehead atoms. The van der Waals surface area contributed by atoms with Crippen molar-refractivity contribution in [2.24, 2.45) is 11.3 Å². The van der Waals surface area contributed by atoms with Crippen LogP contribution in [-0.4, -0.2) is 57.1 Å². The zero-order valence-corrected chi connectivity index (χ0v) is 28.6.